The van der Waals surface area contributed by atoms with Crippen LogP contribution in [0.1, 0.15) is 30.7 Å². The molecular weight excluding hydrogens is 238 g/mol. The predicted octanol–water partition coefficient (Wildman–Crippen LogP) is 1.66. The average Bonchev–Trinajstić information content (AvgIpc) is 2.89. The zero-order valence-electron chi connectivity index (χ0n) is 11.2. The number of hydrogen-bond donors (Lipinski definition) is 1. The predicted molar refractivity (Wildman–Crippen MR) is 73.2 cm³/mol. The molecule has 2 heterocycles. The van der Waals surface area contributed by atoms with Crippen LogP contribution in [0.15, 0.2) is 24.3 Å². The molecule has 1 fully saturated rings. The van der Waals surface area contributed by atoms with Gasteiger partial charge in [-0.3, -0.25) is 0 Å². The Labute approximate surface area is 113 Å². The fourth-order valence-electron chi connectivity index (χ4n) is 2.43. The molecule has 0 aliphatic carbocycles. The van der Waals surface area contributed by atoms with Gasteiger partial charge in [0, 0.05) is 12.5 Å². The van der Waals surface area contributed by atoms with Crippen molar-refractivity contribution in [2.45, 2.75) is 38.6 Å². The summed E-state index contributed by atoms with van der Waals surface area (Å²) in [6.07, 6.45) is 4.65. The van der Waals surface area contributed by atoms with Gasteiger partial charge in [0.2, 0.25) is 0 Å². The Morgan fingerprint density at radius 3 is 2.84 bits per heavy atom. The molecule has 5 nitrogen and oxygen atoms in total. The van der Waals surface area contributed by atoms with Gasteiger partial charge in [-0.2, -0.15) is 0 Å². The molecule has 3 rings (SSSR count). The molecule has 1 N–H and O–H groups in total. The van der Waals surface area contributed by atoms with Crippen LogP contribution in [0.2, 0.25) is 0 Å². The Morgan fingerprint density at radius 2 is 2.11 bits per heavy atom. The number of piperidine rings is 1. The number of tetrazole rings is 1. The van der Waals surface area contributed by atoms with Gasteiger partial charge in [-0.05, 0) is 43.7 Å². The smallest absolute Gasteiger partial charge is 0.176 e. The van der Waals surface area contributed by atoms with Gasteiger partial charge in [0.25, 0.3) is 0 Å². The minimum absolute atomic E-state index is 0.504. The van der Waals surface area contributed by atoms with E-state index in [9.17, 15) is 0 Å². The first-order valence-corrected chi connectivity index (χ1v) is 6.90. The van der Waals surface area contributed by atoms with Crippen molar-refractivity contribution in [2.24, 2.45) is 0 Å². The first-order chi connectivity index (χ1) is 9.31. The van der Waals surface area contributed by atoms with Crippen LogP contribution in [0, 0.1) is 6.92 Å². The average molecular weight is 257 g/mol. The molecule has 5 heteroatoms. The zero-order chi connectivity index (χ0) is 13.1. The Bertz CT molecular complexity index is 525. The van der Waals surface area contributed by atoms with Gasteiger partial charge < -0.3 is 5.32 Å². The molecular formula is C14H19N5. The molecule has 19 heavy (non-hydrogen) atoms. The number of nitrogens with one attached hydrogen (secondary N) is 1. The van der Waals surface area contributed by atoms with Crippen LogP contribution in [0.5, 0.6) is 0 Å². The summed E-state index contributed by atoms with van der Waals surface area (Å²) in [5, 5.41) is 16.2. The van der Waals surface area contributed by atoms with Crippen molar-refractivity contribution in [3.8, 4) is 5.69 Å². The Balaban J connectivity index is 1.70. The van der Waals surface area contributed by atoms with Crippen LogP contribution < -0.4 is 5.32 Å². The van der Waals surface area contributed by atoms with Crippen molar-refractivity contribution in [1.29, 1.82) is 0 Å². The molecule has 1 aromatic heterocycles. The van der Waals surface area contributed by atoms with Crippen LogP contribution >= 0.6 is 0 Å². The van der Waals surface area contributed by atoms with Gasteiger partial charge in [0.05, 0.1) is 5.69 Å². The maximum absolute atomic E-state index is 4.46. The van der Waals surface area contributed by atoms with E-state index in [1.54, 1.807) is 4.80 Å². The Morgan fingerprint density at radius 1 is 1.26 bits per heavy atom. The summed E-state index contributed by atoms with van der Waals surface area (Å²) in [7, 11) is 0. The van der Waals surface area contributed by atoms with E-state index < -0.39 is 0 Å². The van der Waals surface area contributed by atoms with Gasteiger partial charge in [-0.25, -0.2) is 0 Å². The third-order valence-corrected chi connectivity index (χ3v) is 3.56. The minimum Gasteiger partial charge on any atom is -0.314 e. The van der Waals surface area contributed by atoms with Crippen molar-refractivity contribution in [3.63, 3.8) is 0 Å². The monoisotopic (exact) mass is 257 g/mol. The van der Waals surface area contributed by atoms with E-state index in [0.717, 1.165) is 24.5 Å². The summed E-state index contributed by atoms with van der Waals surface area (Å²) in [4.78, 5) is 1.61. The SMILES string of the molecule is Cc1ccc(-n2nnc(CC3CCCCN3)n2)cc1. The fraction of sp³-hybridized carbons (Fsp3) is 0.500. The van der Waals surface area contributed by atoms with Crippen molar-refractivity contribution in [2.75, 3.05) is 6.54 Å². The molecule has 100 valence electrons. The van der Waals surface area contributed by atoms with E-state index in [0.29, 0.717) is 6.04 Å². The molecule has 1 saturated heterocycles. The number of aryl methyl sites for hydroxylation is 1. The number of nitrogens with zero attached hydrogens (tertiary/aromatic N) is 4. The molecule has 0 radical (unpaired) electrons. The molecule has 0 amide bonds. The molecule has 1 aliphatic rings. The fourth-order valence-corrected chi connectivity index (χ4v) is 2.43. The summed E-state index contributed by atoms with van der Waals surface area (Å²) in [6.45, 7) is 3.18. The Hall–Kier alpha value is -1.75. The highest BCUT2D eigenvalue weighted by Gasteiger charge is 2.16. The topological polar surface area (TPSA) is 55.6 Å². The number of rotatable bonds is 3. The second-order valence-corrected chi connectivity index (χ2v) is 5.18. The maximum Gasteiger partial charge on any atom is 0.176 e. The Kier molecular flexibility index (Phi) is 3.55. The van der Waals surface area contributed by atoms with Gasteiger partial charge in [0.15, 0.2) is 5.82 Å². The van der Waals surface area contributed by atoms with E-state index in [-0.39, 0.29) is 0 Å². The number of hydrogen-bond acceptors (Lipinski definition) is 4. The molecule has 1 atom stereocenters. The van der Waals surface area contributed by atoms with Crippen LogP contribution in [0.3, 0.4) is 0 Å². The molecule has 0 bridgehead atoms. The van der Waals surface area contributed by atoms with Crippen LogP contribution in [-0.4, -0.2) is 32.8 Å². The number of benzene rings is 1. The summed E-state index contributed by atoms with van der Waals surface area (Å²) in [5.74, 6) is 0.819. The van der Waals surface area contributed by atoms with Crippen molar-refractivity contribution < 1.29 is 0 Å². The van der Waals surface area contributed by atoms with Gasteiger partial charge in [0.1, 0.15) is 0 Å². The summed E-state index contributed by atoms with van der Waals surface area (Å²) < 4.78 is 0. The third-order valence-electron chi connectivity index (χ3n) is 3.56. The minimum atomic E-state index is 0.504. The van der Waals surface area contributed by atoms with Crippen molar-refractivity contribution in [1.82, 2.24) is 25.5 Å². The van der Waals surface area contributed by atoms with Gasteiger partial charge in [-0.1, -0.05) is 24.1 Å². The summed E-state index contributed by atoms with van der Waals surface area (Å²) >= 11 is 0. The molecule has 1 aromatic carbocycles. The summed E-state index contributed by atoms with van der Waals surface area (Å²) in [6, 6.07) is 8.64. The second-order valence-electron chi connectivity index (χ2n) is 5.18. The van der Waals surface area contributed by atoms with E-state index in [1.807, 2.05) is 12.1 Å². The van der Waals surface area contributed by atoms with Crippen LogP contribution in [-0.2, 0) is 6.42 Å². The van der Waals surface area contributed by atoms with Crippen LogP contribution in [0.4, 0.5) is 0 Å². The van der Waals surface area contributed by atoms with E-state index in [4.69, 9.17) is 0 Å². The maximum atomic E-state index is 4.46. The quantitative estimate of drug-likeness (QED) is 0.908. The lowest BCUT2D eigenvalue weighted by Gasteiger charge is -2.21. The lowest BCUT2D eigenvalue weighted by Crippen LogP contribution is -2.35. The standard InChI is InChI=1S/C14H19N5/c1-11-5-7-13(8-6-11)19-17-14(16-18-19)10-12-4-2-3-9-15-12/h5-8,12,15H,2-4,9-10H2,1H3. The zero-order valence-corrected chi connectivity index (χ0v) is 11.2. The van der Waals surface area contributed by atoms with Gasteiger partial charge >= 0.3 is 0 Å². The van der Waals surface area contributed by atoms with Crippen molar-refractivity contribution in [3.05, 3.63) is 35.7 Å². The highest BCUT2D eigenvalue weighted by atomic mass is 15.6. The number of aromatic nitrogens is 4. The lowest BCUT2D eigenvalue weighted by molar-refractivity contribution is 0.394. The van der Waals surface area contributed by atoms with Gasteiger partial charge in [-0.15, -0.1) is 15.0 Å². The molecule has 1 aliphatic heterocycles. The highest BCUT2D eigenvalue weighted by Crippen LogP contribution is 2.11. The highest BCUT2D eigenvalue weighted by molar-refractivity contribution is 5.31. The molecule has 1 unspecified atom stereocenters. The first-order valence-electron chi connectivity index (χ1n) is 6.90. The van der Waals surface area contributed by atoms with E-state index in [2.05, 4.69) is 39.8 Å². The van der Waals surface area contributed by atoms with Crippen LogP contribution in [0.25, 0.3) is 5.69 Å². The van der Waals surface area contributed by atoms with Crippen molar-refractivity contribution >= 4 is 0 Å². The molecule has 0 spiro atoms. The first kappa shape index (κ1) is 12.3. The third kappa shape index (κ3) is 2.98. The van der Waals surface area contributed by atoms with E-state index in [1.165, 1.54) is 24.8 Å². The summed E-state index contributed by atoms with van der Waals surface area (Å²) in [5.41, 5.74) is 2.19. The molecule has 2 aromatic rings. The largest absolute Gasteiger partial charge is 0.314 e. The lowest BCUT2D eigenvalue weighted by atomic mass is 10.0. The second kappa shape index (κ2) is 5.48. The normalized spacial score (nSPS) is 19.5. The molecule has 0 saturated carbocycles. The van der Waals surface area contributed by atoms with E-state index >= 15 is 0 Å².